The van der Waals surface area contributed by atoms with E-state index < -0.39 is 0 Å². The zero-order valence-corrected chi connectivity index (χ0v) is 12.8. The highest BCUT2D eigenvalue weighted by Crippen LogP contribution is 2.26. The van der Waals surface area contributed by atoms with Gasteiger partial charge in [0.1, 0.15) is 5.75 Å². The van der Waals surface area contributed by atoms with Gasteiger partial charge in [0.15, 0.2) is 0 Å². The van der Waals surface area contributed by atoms with Crippen molar-refractivity contribution < 1.29 is 9.47 Å². The molecule has 4 heteroatoms. The van der Waals surface area contributed by atoms with E-state index in [1.54, 1.807) is 6.20 Å². The summed E-state index contributed by atoms with van der Waals surface area (Å²) in [5.74, 6) is 0.835. The average molecular weight is 278 g/mol. The van der Waals surface area contributed by atoms with Gasteiger partial charge in [-0.3, -0.25) is 4.98 Å². The molecular weight excluding hydrogens is 252 g/mol. The highest BCUT2D eigenvalue weighted by atomic mass is 16.5. The molecule has 0 radical (unpaired) electrons. The van der Waals surface area contributed by atoms with Crippen LogP contribution in [0.1, 0.15) is 51.1 Å². The van der Waals surface area contributed by atoms with Gasteiger partial charge in [0.25, 0.3) is 0 Å². The summed E-state index contributed by atoms with van der Waals surface area (Å²) in [6.45, 7) is 4.95. The molecule has 0 bridgehead atoms. The Kier molecular flexibility index (Phi) is 5.80. The van der Waals surface area contributed by atoms with Crippen LogP contribution in [-0.2, 0) is 4.74 Å². The largest absolute Gasteiger partial charge is 0.489 e. The topological polar surface area (TPSA) is 43.4 Å². The van der Waals surface area contributed by atoms with Crippen LogP contribution >= 0.6 is 0 Å². The van der Waals surface area contributed by atoms with Gasteiger partial charge in [0, 0.05) is 18.8 Å². The summed E-state index contributed by atoms with van der Waals surface area (Å²) in [6.07, 6.45) is 8.83. The SMILES string of the molecule is CNC(CC1CCCCO1)c1cncc(OC(C)C)c1. The molecule has 2 atom stereocenters. The summed E-state index contributed by atoms with van der Waals surface area (Å²) in [4.78, 5) is 4.29. The molecule has 2 heterocycles. The van der Waals surface area contributed by atoms with Crippen molar-refractivity contribution in [2.24, 2.45) is 0 Å². The standard InChI is InChI=1S/C16H26N2O2/c1-12(2)20-15-8-13(10-18-11-15)16(17-3)9-14-6-4-5-7-19-14/h8,10-12,14,16-17H,4-7,9H2,1-3H3. The van der Waals surface area contributed by atoms with Crippen LogP contribution < -0.4 is 10.1 Å². The second kappa shape index (κ2) is 7.60. The van der Waals surface area contributed by atoms with Gasteiger partial charge in [-0.15, -0.1) is 0 Å². The summed E-state index contributed by atoms with van der Waals surface area (Å²) in [6, 6.07) is 2.35. The Hall–Kier alpha value is -1.13. The number of rotatable bonds is 6. The zero-order valence-electron chi connectivity index (χ0n) is 12.8. The van der Waals surface area contributed by atoms with Crippen molar-refractivity contribution in [1.29, 1.82) is 0 Å². The van der Waals surface area contributed by atoms with E-state index in [9.17, 15) is 0 Å². The fourth-order valence-electron chi connectivity index (χ4n) is 2.64. The van der Waals surface area contributed by atoms with E-state index >= 15 is 0 Å². The number of ether oxygens (including phenoxy) is 2. The van der Waals surface area contributed by atoms with Gasteiger partial charge in [-0.2, -0.15) is 0 Å². The van der Waals surface area contributed by atoms with Crippen molar-refractivity contribution in [1.82, 2.24) is 10.3 Å². The highest BCUT2D eigenvalue weighted by Gasteiger charge is 2.20. The van der Waals surface area contributed by atoms with E-state index in [4.69, 9.17) is 9.47 Å². The fraction of sp³-hybridized carbons (Fsp3) is 0.688. The van der Waals surface area contributed by atoms with Crippen LogP contribution in [0.2, 0.25) is 0 Å². The van der Waals surface area contributed by atoms with E-state index in [1.165, 1.54) is 18.4 Å². The quantitative estimate of drug-likeness (QED) is 0.868. The lowest BCUT2D eigenvalue weighted by Gasteiger charge is -2.27. The minimum absolute atomic E-state index is 0.168. The zero-order chi connectivity index (χ0) is 14.4. The third-order valence-electron chi connectivity index (χ3n) is 3.63. The molecule has 1 saturated heterocycles. The Morgan fingerprint density at radius 1 is 1.40 bits per heavy atom. The van der Waals surface area contributed by atoms with Crippen molar-refractivity contribution in [3.05, 3.63) is 24.0 Å². The molecule has 2 unspecified atom stereocenters. The van der Waals surface area contributed by atoms with E-state index in [0.717, 1.165) is 25.2 Å². The van der Waals surface area contributed by atoms with Gasteiger partial charge in [0.05, 0.1) is 18.4 Å². The minimum atomic E-state index is 0.168. The molecule has 2 rings (SSSR count). The maximum atomic E-state index is 5.83. The molecule has 1 aromatic rings. The molecule has 1 fully saturated rings. The van der Waals surface area contributed by atoms with Crippen LogP contribution in [0.3, 0.4) is 0 Å². The predicted molar refractivity (Wildman–Crippen MR) is 80.0 cm³/mol. The van der Waals surface area contributed by atoms with Crippen LogP contribution in [-0.4, -0.2) is 30.8 Å². The molecule has 1 aromatic heterocycles. The lowest BCUT2D eigenvalue weighted by molar-refractivity contribution is 0.00544. The van der Waals surface area contributed by atoms with Gasteiger partial charge >= 0.3 is 0 Å². The Morgan fingerprint density at radius 3 is 2.90 bits per heavy atom. The molecule has 0 saturated carbocycles. The molecule has 112 valence electrons. The summed E-state index contributed by atoms with van der Waals surface area (Å²) >= 11 is 0. The Balaban J connectivity index is 2.02. The first-order chi connectivity index (χ1) is 9.69. The van der Waals surface area contributed by atoms with Crippen LogP contribution in [0.15, 0.2) is 18.5 Å². The number of hydrogen-bond donors (Lipinski definition) is 1. The normalized spacial score (nSPS) is 20.9. The first-order valence-corrected chi connectivity index (χ1v) is 7.59. The van der Waals surface area contributed by atoms with Crippen LogP contribution in [0.4, 0.5) is 0 Å². The summed E-state index contributed by atoms with van der Waals surface area (Å²) < 4.78 is 11.6. The summed E-state index contributed by atoms with van der Waals surface area (Å²) in [7, 11) is 1.99. The van der Waals surface area contributed by atoms with Gasteiger partial charge in [-0.05, 0) is 58.2 Å². The third kappa shape index (κ3) is 4.46. The first-order valence-electron chi connectivity index (χ1n) is 7.59. The lowest BCUT2D eigenvalue weighted by atomic mass is 9.97. The number of nitrogens with one attached hydrogen (secondary N) is 1. The van der Waals surface area contributed by atoms with Crippen molar-refractivity contribution in [3.8, 4) is 5.75 Å². The van der Waals surface area contributed by atoms with E-state index in [0.29, 0.717) is 6.10 Å². The molecule has 1 N–H and O–H groups in total. The van der Waals surface area contributed by atoms with Gasteiger partial charge in [0.2, 0.25) is 0 Å². The molecule has 4 nitrogen and oxygen atoms in total. The van der Waals surface area contributed by atoms with E-state index in [1.807, 2.05) is 27.1 Å². The smallest absolute Gasteiger partial charge is 0.138 e. The van der Waals surface area contributed by atoms with Gasteiger partial charge in [-0.25, -0.2) is 0 Å². The molecule has 0 spiro atoms. The van der Waals surface area contributed by atoms with E-state index in [-0.39, 0.29) is 12.1 Å². The summed E-state index contributed by atoms with van der Waals surface area (Å²) in [5.41, 5.74) is 1.17. The molecule has 0 amide bonds. The third-order valence-corrected chi connectivity index (χ3v) is 3.63. The number of nitrogens with zero attached hydrogens (tertiary/aromatic N) is 1. The van der Waals surface area contributed by atoms with Crippen LogP contribution in [0, 0.1) is 0 Å². The maximum Gasteiger partial charge on any atom is 0.138 e. The predicted octanol–water partition coefficient (Wildman–Crippen LogP) is 3.09. The van der Waals surface area contributed by atoms with Crippen LogP contribution in [0.5, 0.6) is 5.75 Å². The van der Waals surface area contributed by atoms with Gasteiger partial charge in [-0.1, -0.05) is 0 Å². The average Bonchev–Trinajstić information content (AvgIpc) is 2.45. The summed E-state index contributed by atoms with van der Waals surface area (Å²) in [5, 5.41) is 3.37. The highest BCUT2D eigenvalue weighted by molar-refractivity contribution is 5.26. The van der Waals surface area contributed by atoms with Crippen molar-refractivity contribution >= 4 is 0 Å². The van der Waals surface area contributed by atoms with Crippen LogP contribution in [0.25, 0.3) is 0 Å². The lowest BCUT2D eigenvalue weighted by Crippen LogP contribution is -2.27. The second-order valence-electron chi connectivity index (χ2n) is 5.69. The Bertz CT molecular complexity index is 403. The van der Waals surface area contributed by atoms with Crippen molar-refractivity contribution in [2.75, 3.05) is 13.7 Å². The molecule has 1 aliphatic heterocycles. The Labute approximate surface area is 121 Å². The molecule has 0 aliphatic carbocycles. The van der Waals surface area contributed by atoms with Crippen molar-refractivity contribution in [3.63, 3.8) is 0 Å². The first kappa shape index (κ1) is 15.3. The van der Waals surface area contributed by atoms with Gasteiger partial charge < -0.3 is 14.8 Å². The molecule has 20 heavy (non-hydrogen) atoms. The van der Waals surface area contributed by atoms with E-state index in [2.05, 4.69) is 16.4 Å². The minimum Gasteiger partial charge on any atom is -0.489 e. The monoisotopic (exact) mass is 278 g/mol. The number of pyridine rings is 1. The number of hydrogen-bond acceptors (Lipinski definition) is 4. The number of aromatic nitrogens is 1. The molecule has 0 aromatic carbocycles. The van der Waals surface area contributed by atoms with Crippen molar-refractivity contribution in [2.45, 2.75) is 57.8 Å². The maximum absolute atomic E-state index is 5.83. The Morgan fingerprint density at radius 2 is 2.25 bits per heavy atom. The second-order valence-corrected chi connectivity index (χ2v) is 5.69. The fourth-order valence-corrected chi connectivity index (χ4v) is 2.64. The molecular formula is C16H26N2O2. The molecule has 1 aliphatic rings.